The van der Waals surface area contributed by atoms with Gasteiger partial charge in [0.25, 0.3) is 0 Å². The Hall–Kier alpha value is -0.360. The van der Waals surface area contributed by atoms with Crippen molar-refractivity contribution in [1.82, 2.24) is 0 Å². The van der Waals surface area contributed by atoms with Crippen LogP contribution in [-0.4, -0.2) is 26.9 Å². The number of thioether (sulfide) groups is 2. The number of carbonyl (C=O) groups excluding carboxylic acids is 2. The largest absolute Gasteiger partial charge is 0.403 e. The van der Waals surface area contributed by atoms with E-state index in [0.717, 1.165) is 5.75 Å². The Morgan fingerprint density at radius 2 is 1.56 bits per heavy atom. The Kier molecular flexibility index (Phi) is 3.62. The first-order chi connectivity index (χ1) is 8.30. The molecule has 102 valence electrons. The van der Waals surface area contributed by atoms with Crippen LogP contribution in [0.3, 0.4) is 0 Å². The van der Waals surface area contributed by atoms with Gasteiger partial charge in [0, 0.05) is 10.5 Å². The van der Waals surface area contributed by atoms with Gasteiger partial charge in [-0.3, -0.25) is 9.59 Å². The molecule has 2 rings (SSSR count). The zero-order valence-corrected chi connectivity index (χ0v) is 12.7. The molecule has 4 nitrogen and oxygen atoms in total. The second-order valence-corrected chi connectivity index (χ2v) is 8.15. The van der Waals surface area contributed by atoms with E-state index in [4.69, 9.17) is 9.47 Å². The number of carbonyl (C=O) groups is 2. The van der Waals surface area contributed by atoms with Crippen LogP contribution in [0.4, 0.5) is 0 Å². The Morgan fingerprint density at radius 1 is 1.06 bits per heavy atom. The molecular weight excluding hydrogens is 272 g/mol. The van der Waals surface area contributed by atoms with E-state index >= 15 is 0 Å². The summed E-state index contributed by atoms with van der Waals surface area (Å²) in [6.07, 6.45) is -0.279. The molecule has 0 bridgehead atoms. The van der Waals surface area contributed by atoms with Gasteiger partial charge < -0.3 is 9.47 Å². The van der Waals surface area contributed by atoms with Crippen molar-refractivity contribution < 1.29 is 19.1 Å². The maximum absolute atomic E-state index is 11.4. The van der Waals surface area contributed by atoms with Crippen molar-refractivity contribution in [2.75, 3.05) is 5.75 Å². The molecule has 0 aliphatic carbocycles. The lowest BCUT2D eigenvalue weighted by Gasteiger charge is -2.38. The van der Waals surface area contributed by atoms with Crippen LogP contribution >= 0.6 is 23.5 Å². The predicted octanol–water partition coefficient (Wildman–Crippen LogP) is 2.62. The maximum Gasteiger partial charge on any atom is 0.359 e. The third-order valence-corrected chi connectivity index (χ3v) is 7.32. The van der Waals surface area contributed by atoms with Crippen LogP contribution in [0.2, 0.25) is 0 Å². The highest BCUT2D eigenvalue weighted by Gasteiger charge is 2.59. The zero-order chi connectivity index (χ0) is 13.6. The van der Waals surface area contributed by atoms with Gasteiger partial charge in [-0.25, -0.2) is 0 Å². The minimum Gasteiger partial charge on any atom is -0.403 e. The van der Waals surface area contributed by atoms with Crippen LogP contribution in [0.15, 0.2) is 0 Å². The number of hydrogen-bond donors (Lipinski definition) is 0. The fraction of sp³-hybridized carbons (Fsp3) is 0.833. The lowest BCUT2D eigenvalue weighted by molar-refractivity contribution is -0.193. The highest BCUT2D eigenvalue weighted by molar-refractivity contribution is 8.21. The van der Waals surface area contributed by atoms with Crippen LogP contribution in [0.5, 0.6) is 0 Å². The van der Waals surface area contributed by atoms with Gasteiger partial charge in [-0.05, 0) is 11.8 Å². The molecule has 2 aliphatic heterocycles. The molecule has 2 saturated heterocycles. The summed E-state index contributed by atoms with van der Waals surface area (Å²) in [5, 5.41) is 0. The van der Waals surface area contributed by atoms with E-state index in [1.54, 1.807) is 0 Å². The van der Waals surface area contributed by atoms with Crippen molar-refractivity contribution in [3.05, 3.63) is 0 Å². The van der Waals surface area contributed by atoms with Crippen molar-refractivity contribution >= 4 is 35.5 Å². The van der Waals surface area contributed by atoms with Gasteiger partial charge in [-0.2, -0.15) is 0 Å². The fourth-order valence-corrected chi connectivity index (χ4v) is 6.19. The molecule has 0 N–H and O–H groups in total. The molecule has 0 aromatic heterocycles. The SMILES string of the molecule is CC(C)C1(C(C)C)CSC2(OC(=O)CC(=O)O2)S1. The minimum atomic E-state index is -1.15. The number of ether oxygens (including phenoxy) is 2. The Bertz CT molecular complexity index is 354. The minimum absolute atomic E-state index is 0.0391. The summed E-state index contributed by atoms with van der Waals surface area (Å²) >= 11 is 2.90. The van der Waals surface area contributed by atoms with Gasteiger partial charge in [0.2, 0.25) is 0 Å². The third-order valence-electron chi connectivity index (χ3n) is 3.51. The van der Waals surface area contributed by atoms with Gasteiger partial charge >= 0.3 is 16.4 Å². The second-order valence-electron chi connectivity index (χ2n) is 5.28. The summed E-state index contributed by atoms with van der Waals surface area (Å²) in [6, 6.07) is 0. The standard InChI is InChI=1S/C12H18O4S2/c1-7(2)11(8(3)4)6-17-12(18-11)15-9(13)5-10(14)16-12/h7-8H,5-6H2,1-4H3. The molecular formula is C12H18O4S2. The average Bonchev–Trinajstić information content (AvgIpc) is 2.56. The first-order valence-electron chi connectivity index (χ1n) is 6.07. The summed E-state index contributed by atoms with van der Waals surface area (Å²) in [5.74, 6) is 0.652. The van der Waals surface area contributed by atoms with E-state index in [2.05, 4.69) is 27.7 Å². The molecule has 1 spiro atoms. The van der Waals surface area contributed by atoms with Gasteiger partial charge in [0.15, 0.2) is 0 Å². The summed E-state index contributed by atoms with van der Waals surface area (Å²) in [4.78, 5) is 22.9. The van der Waals surface area contributed by atoms with Crippen LogP contribution in [0.1, 0.15) is 34.1 Å². The smallest absolute Gasteiger partial charge is 0.359 e. The summed E-state index contributed by atoms with van der Waals surface area (Å²) in [5.41, 5.74) is 0. The Morgan fingerprint density at radius 3 is 1.94 bits per heavy atom. The van der Waals surface area contributed by atoms with Crippen LogP contribution < -0.4 is 0 Å². The molecule has 0 saturated carbocycles. The first kappa shape index (κ1) is 14.1. The summed E-state index contributed by atoms with van der Waals surface area (Å²) in [6.45, 7) is 8.61. The lowest BCUT2D eigenvalue weighted by Crippen LogP contribution is -2.42. The van der Waals surface area contributed by atoms with Gasteiger partial charge in [0.1, 0.15) is 6.42 Å². The molecule has 2 heterocycles. The fourth-order valence-electron chi connectivity index (χ4n) is 2.32. The Balaban J connectivity index is 2.24. The molecule has 0 aromatic carbocycles. The van der Waals surface area contributed by atoms with Crippen LogP contribution in [-0.2, 0) is 19.1 Å². The van der Waals surface area contributed by atoms with Crippen molar-refractivity contribution in [3.63, 3.8) is 0 Å². The quantitative estimate of drug-likeness (QED) is 0.575. The second kappa shape index (κ2) is 4.63. The highest BCUT2D eigenvalue weighted by atomic mass is 32.2. The topological polar surface area (TPSA) is 52.6 Å². The molecule has 0 aromatic rings. The van der Waals surface area contributed by atoms with E-state index < -0.39 is 16.4 Å². The van der Waals surface area contributed by atoms with Crippen LogP contribution in [0.25, 0.3) is 0 Å². The third kappa shape index (κ3) is 2.25. The number of hydrogen-bond acceptors (Lipinski definition) is 6. The number of rotatable bonds is 2. The van der Waals surface area contributed by atoms with Gasteiger partial charge in [0.05, 0.1) is 0 Å². The monoisotopic (exact) mass is 290 g/mol. The maximum atomic E-state index is 11.4. The first-order valence-corrected chi connectivity index (χ1v) is 7.88. The van der Waals surface area contributed by atoms with Gasteiger partial charge in [-0.15, -0.1) is 0 Å². The molecule has 0 atom stereocenters. The normalized spacial score (nSPS) is 25.7. The predicted molar refractivity (Wildman–Crippen MR) is 72.0 cm³/mol. The summed E-state index contributed by atoms with van der Waals surface area (Å²) < 4.78 is 9.42. The van der Waals surface area contributed by atoms with E-state index in [0.29, 0.717) is 11.8 Å². The molecule has 18 heavy (non-hydrogen) atoms. The number of esters is 2. The van der Waals surface area contributed by atoms with Gasteiger partial charge in [-0.1, -0.05) is 51.2 Å². The van der Waals surface area contributed by atoms with Crippen molar-refractivity contribution in [2.24, 2.45) is 11.8 Å². The average molecular weight is 290 g/mol. The van der Waals surface area contributed by atoms with E-state index in [1.165, 1.54) is 23.5 Å². The summed E-state index contributed by atoms with van der Waals surface area (Å²) in [7, 11) is 0. The molecule has 0 unspecified atom stereocenters. The van der Waals surface area contributed by atoms with Crippen molar-refractivity contribution in [2.45, 2.75) is 43.3 Å². The molecule has 2 fully saturated rings. The molecule has 2 aliphatic rings. The molecule has 0 amide bonds. The lowest BCUT2D eigenvalue weighted by atomic mass is 9.86. The van der Waals surface area contributed by atoms with Crippen molar-refractivity contribution in [1.29, 1.82) is 0 Å². The van der Waals surface area contributed by atoms with Crippen molar-refractivity contribution in [3.8, 4) is 0 Å². The molecule has 0 radical (unpaired) electrons. The highest BCUT2D eigenvalue weighted by Crippen LogP contribution is 2.61. The Labute approximate surface area is 116 Å². The van der Waals surface area contributed by atoms with E-state index in [9.17, 15) is 9.59 Å². The molecule has 6 heteroatoms. The van der Waals surface area contributed by atoms with E-state index in [-0.39, 0.29) is 11.2 Å². The van der Waals surface area contributed by atoms with Crippen LogP contribution in [0, 0.1) is 11.8 Å². The van der Waals surface area contributed by atoms with E-state index in [1.807, 2.05) is 0 Å². The zero-order valence-electron chi connectivity index (χ0n) is 11.0.